The lowest BCUT2D eigenvalue weighted by molar-refractivity contribution is -0.133. The number of thiophene rings is 2. The van der Waals surface area contributed by atoms with Crippen molar-refractivity contribution in [1.82, 2.24) is 14.1 Å². The van der Waals surface area contributed by atoms with Crippen LogP contribution in [-0.4, -0.2) is 67.7 Å². The first kappa shape index (κ1) is 21.5. The molecule has 1 aliphatic heterocycles. The van der Waals surface area contributed by atoms with Crippen LogP contribution < -0.4 is 0 Å². The molecule has 2 aromatic heterocycles. The lowest BCUT2D eigenvalue weighted by Gasteiger charge is -2.34. The molecule has 1 aliphatic rings. The average Bonchev–Trinajstić information content (AvgIpc) is 3.34. The molecular formula is C18H22ClN3O3S3. The minimum Gasteiger partial charge on any atom is -0.339 e. The van der Waals surface area contributed by atoms with Gasteiger partial charge < -0.3 is 4.90 Å². The number of halogens is 1. The van der Waals surface area contributed by atoms with E-state index in [0.717, 1.165) is 11.3 Å². The molecule has 0 spiro atoms. The molecule has 0 aliphatic carbocycles. The van der Waals surface area contributed by atoms with Gasteiger partial charge in [0.1, 0.15) is 4.21 Å². The molecule has 0 atom stereocenters. The summed E-state index contributed by atoms with van der Waals surface area (Å²) in [6.45, 7) is 6.73. The molecule has 2 aromatic rings. The van der Waals surface area contributed by atoms with Gasteiger partial charge in [-0.05, 0) is 23.6 Å². The minimum absolute atomic E-state index is 0.00891. The van der Waals surface area contributed by atoms with E-state index in [1.54, 1.807) is 28.4 Å². The minimum atomic E-state index is -3.55. The van der Waals surface area contributed by atoms with Gasteiger partial charge in [0.15, 0.2) is 0 Å². The first-order valence-electron chi connectivity index (χ1n) is 8.79. The summed E-state index contributed by atoms with van der Waals surface area (Å²) in [5.41, 5.74) is 0. The molecule has 0 N–H and O–H groups in total. The third-order valence-electron chi connectivity index (χ3n) is 4.44. The second-order valence-electron chi connectivity index (χ2n) is 6.38. The summed E-state index contributed by atoms with van der Waals surface area (Å²) >= 11 is 8.58. The van der Waals surface area contributed by atoms with Crippen LogP contribution in [0.5, 0.6) is 0 Å². The van der Waals surface area contributed by atoms with Crippen LogP contribution >= 0.6 is 34.3 Å². The molecule has 0 saturated carbocycles. The van der Waals surface area contributed by atoms with Crippen LogP contribution in [0.15, 0.2) is 46.5 Å². The van der Waals surface area contributed by atoms with Crippen molar-refractivity contribution >= 4 is 50.2 Å². The van der Waals surface area contributed by atoms with E-state index in [1.165, 1.54) is 15.2 Å². The maximum absolute atomic E-state index is 12.7. The summed E-state index contributed by atoms with van der Waals surface area (Å²) in [6, 6.07) is 7.15. The van der Waals surface area contributed by atoms with Crippen molar-refractivity contribution in [3.8, 4) is 0 Å². The molecule has 3 heterocycles. The van der Waals surface area contributed by atoms with Gasteiger partial charge in [0.25, 0.3) is 10.0 Å². The lowest BCUT2D eigenvalue weighted by Crippen LogP contribution is -2.52. The lowest BCUT2D eigenvalue weighted by atomic mass is 10.3. The van der Waals surface area contributed by atoms with Gasteiger partial charge >= 0.3 is 0 Å². The Balaban J connectivity index is 1.56. The van der Waals surface area contributed by atoms with E-state index in [-0.39, 0.29) is 29.8 Å². The van der Waals surface area contributed by atoms with Gasteiger partial charge in [-0.15, -0.1) is 29.3 Å². The Hall–Kier alpha value is -1.23. The molecule has 0 radical (unpaired) electrons. The standard InChI is InChI=1S/C18H22ClN3O3S3/c1-2-7-20(13-15-4-3-12-26-15)14-17(23)21-8-10-22(11-9-21)28(24,25)18-6-5-16(19)27-18/h2-6,12H,1,7-11,13-14H2. The molecule has 1 amide bonds. The first-order chi connectivity index (χ1) is 13.4. The van der Waals surface area contributed by atoms with Crippen molar-refractivity contribution in [3.05, 3.63) is 51.5 Å². The van der Waals surface area contributed by atoms with Crippen molar-refractivity contribution in [1.29, 1.82) is 0 Å². The fourth-order valence-corrected chi connectivity index (χ4v) is 6.83. The molecule has 10 heteroatoms. The van der Waals surface area contributed by atoms with Crippen LogP contribution in [0.2, 0.25) is 4.34 Å². The summed E-state index contributed by atoms with van der Waals surface area (Å²) in [6.07, 6.45) is 1.79. The maximum atomic E-state index is 12.7. The summed E-state index contributed by atoms with van der Waals surface area (Å²) in [4.78, 5) is 17.7. The fourth-order valence-electron chi connectivity index (χ4n) is 3.02. The third kappa shape index (κ3) is 5.22. The van der Waals surface area contributed by atoms with Crippen LogP contribution in [0.1, 0.15) is 4.88 Å². The molecular weight excluding hydrogens is 438 g/mol. The Kier molecular flexibility index (Phi) is 7.30. The van der Waals surface area contributed by atoms with Crippen molar-refractivity contribution in [3.63, 3.8) is 0 Å². The molecule has 1 saturated heterocycles. The number of sulfonamides is 1. The number of carbonyl (C=O) groups excluding carboxylic acids is 1. The molecule has 0 bridgehead atoms. The molecule has 3 rings (SSSR count). The number of piperazine rings is 1. The molecule has 0 aromatic carbocycles. The number of hydrogen-bond donors (Lipinski definition) is 0. The maximum Gasteiger partial charge on any atom is 0.252 e. The molecule has 1 fully saturated rings. The number of rotatable bonds is 8. The van der Waals surface area contributed by atoms with E-state index in [1.807, 2.05) is 22.4 Å². The number of carbonyl (C=O) groups is 1. The second kappa shape index (κ2) is 9.51. The predicted octanol–water partition coefficient (Wildman–Crippen LogP) is 2.98. The zero-order valence-corrected chi connectivity index (χ0v) is 18.5. The highest BCUT2D eigenvalue weighted by molar-refractivity contribution is 7.91. The number of nitrogens with zero attached hydrogens (tertiary/aromatic N) is 3. The quantitative estimate of drug-likeness (QED) is 0.569. The van der Waals surface area contributed by atoms with Crippen LogP contribution in [0.4, 0.5) is 0 Å². The van der Waals surface area contributed by atoms with Gasteiger partial charge in [-0.3, -0.25) is 9.69 Å². The van der Waals surface area contributed by atoms with E-state index < -0.39 is 10.0 Å². The van der Waals surface area contributed by atoms with Crippen LogP contribution in [-0.2, 0) is 21.4 Å². The Morgan fingerprint density at radius 2 is 2.00 bits per heavy atom. The van der Waals surface area contributed by atoms with Gasteiger partial charge in [-0.1, -0.05) is 23.7 Å². The zero-order chi connectivity index (χ0) is 20.1. The second-order valence-corrected chi connectivity index (χ2v) is 11.3. The number of hydrogen-bond acceptors (Lipinski definition) is 6. The summed E-state index contributed by atoms with van der Waals surface area (Å²) < 4.78 is 27.5. The molecule has 152 valence electrons. The first-order valence-corrected chi connectivity index (χ1v) is 12.3. The third-order valence-corrected chi connectivity index (χ3v) is 8.90. The topological polar surface area (TPSA) is 60.9 Å². The smallest absolute Gasteiger partial charge is 0.252 e. The molecule has 0 unspecified atom stereocenters. The van der Waals surface area contributed by atoms with Gasteiger partial charge in [-0.2, -0.15) is 4.31 Å². The number of amides is 1. The summed E-state index contributed by atoms with van der Waals surface area (Å²) in [5.74, 6) is 0.00891. The SMILES string of the molecule is C=CCN(CC(=O)N1CCN(S(=O)(=O)c2ccc(Cl)s2)CC1)Cc1cccs1. The largest absolute Gasteiger partial charge is 0.339 e. The Morgan fingerprint density at radius 3 is 2.57 bits per heavy atom. The van der Waals surface area contributed by atoms with Gasteiger partial charge in [0.05, 0.1) is 10.9 Å². The fraction of sp³-hybridized carbons (Fsp3) is 0.389. The average molecular weight is 460 g/mol. The van der Waals surface area contributed by atoms with Crippen molar-refractivity contribution in [2.75, 3.05) is 39.3 Å². The van der Waals surface area contributed by atoms with Gasteiger partial charge in [0.2, 0.25) is 5.91 Å². The van der Waals surface area contributed by atoms with E-state index in [2.05, 4.69) is 6.58 Å². The van der Waals surface area contributed by atoms with Crippen LogP contribution in [0.25, 0.3) is 0 Å². The van der Waals surface area contributed by atoms with Crippen molar-refractivity contribution in [2.24, 2.45) is 0 Å². The predicted molar refractivity (Wildman–Crippen MR) is 114 cm³/mol. The monoisotopic (exact) mass is 459 g/mol. The van der Waals surface area contributed by atoms with Gasteiger partial charge in [-0.25, -0.2) is 8.42 Å². The van der Waals surface area contributed by atoms with Gasteiger partial charge in [0, 0.05) is 44.1 Å². The summed E-state index contributed by atoms with van der Waals surface area (Å²) in [5, 5.41) is 2.02. The van der Waals surface area contributed by atoms with Crippen LogP contribution in [0.3, 0.4) is 0 Å². The van der Waals surface area contributed by atoms with E-state index >= 15 is 0 Å². The molecule has 6 nitrogen and oxygen atoms in total. The normalized spacial score (nSPS) is 15.9. The van der Waals surface area contributed by atoms with E-state index in [0.29, 0.717) is 30.5 Å². The highest BCUT2D eigenvalue weighted by Gasteiger charge is 2.31. The highest BCUT2D eigenvalue weighted by Crippen LogP contribution is 2.28. The van der Waals surface area contributed by atoms with Crippen molar-refractivity contribution in [2.45, 2.75) is 10.8 Å². The van der Waals surface area contributed by atoms with E-state index in [9.17, 15) is 13.2 Å². The summed E-state index contributed by atoms with van der Waals surface area (Å²) in [7, 11) is -3.55. The van der Waals surface area contributed by atoms with Crippen molar-refractivity contribution < 1.29 is 13.2 Å². The Labute approximate surface area is 178 Å². The van der Waals surface area contributed by atoms with E-state index in [4.69, 9.17) is 11.6 Å². The van der Waals surface area contributed by atoms with Crippen LogP contribution in [0, 0.1) is 0 Å². The zero-order valence-electron chi connectivity index (χ0n) is 15.3. The Bertz CT molecular complexity index is 904. The Morgan fingerprint density at radius 1 is 1.25 bits per heavy atom. The highest BCUT2D eigenvalue weighted by atomic mass is 35.5. The molecule has 28 heavy (non-hydrogen) atoms.